The number of ketones is 1. The molecule has 0 aliphatic rings. The number of hydrogen-bond acceptors (Lipinski definition) is 2. The third-order valence-electron chi connectivity index (χ3n) is 2.61. The maximum absolute atomic E-state index is 11.8. The third kappa shape index (κ3) is 4.88. The molecule has 0 aromatic heterocycles. The summed E-state index contributed by atoms with van der Waals surface area (Å²) in [6.07, 6.45) is 2.42. The summed E-state index contributed by atoms with van der Waals surface area (Å²) in [7, 11) is 0. The second-order valence-corrected chi connectivity index (χ2v) is 4.51. The summed E-state index contributed by atoms with van der Waals surface area (Å²) in [6, 6.07) is 6.90. The lowest BCUT2D eigenvalue weighted by Crippen LogP contribution is -2.24. The fourth-order valence-electron chi connectivity index (χ4n) is 1.54. The molecule has 1 aromatic rings. The molecule has 0 saturated heterocycles. The van der Waals surface area contributed by atoms with Crippen LogP contribution in [0.25, 0.3) is 0 Å². The Bertz CT molecular complexity index is 418. The third-order valence-corrected chi connectivity index (χ3v) is 2.94. The highest BCUT2D eigenvalue weighted by Gasteiger charge is 2.11. The Labute approximate surface area is 113 Å². The number of Topliss-reactive ketones (excluding diaryl/α,β-unsaturated/α-hetero) is 1. The molecule has 0 fully saturated rings. The van der Waals surface area contributed by atoms with Crippen molar-refractivity contribution >= 4 is 23.3 Å². The van der Waals surface area contributed by atoms with Gasteiger partial charge in [-0.15, -0.1) is 0 Å². The van der Waals surface area contributed by atoms with E-state index in [4.69, 9.17) is 11.6 Å². The molecule has 0 heterocycles. The molecule has 98 valence electrons. The first-order valence-corrected chi connectivity index (χ1v) is 6.57. The molecular formula is C14H18ClNO2. The lowest BCUT2D eigenvalue weighted by Gasteiger charge is -2.05. The zero-order valence-electron chi connectivity index (χ0n) is 10.5. The van der Waals surface area contributed by atoms with Gasteiger partial charge in [-0.05, 0) is 18.6 Å². The van der Waals surface area contributed by atoms with E-state index in [1.165, 1.54) is 0 Å². The number of carbonyl (C=O) groups is 2. The second kappa shape index (κ2) is 7.88. The first-order chi connectivity index (χ1) is 8.65. The first kappa shape index (κ1) is 14.7. The Hall–Kier alpha value is -1.35. The zero-order chi connectivity index (χ0) is 13.4. The number of unbranched alkanes of at least 4 members (excludes halogenated alkanes) is 1. The van der Waals surface area contributed by atoms with Crippen LogP contribution < -0.4 is 5.32 Å². The van der Waals surface area contributed by atoms with Crippen molar-refractivity contribution in [2.24, 2.45) is 0 Å². The zero-order valence-corrected chi connectivity index (χ0v) is 11.3. The molecule has 0 spiro atoms. The number of hydrogen-bond donors (Lipinski definition) is 1. The highest BCUT2D eigenvalue weighted by molar-refractivity contribution is 6.34. The molecule has 0 radical (unpaired) electrons. The molecule has 0 atom stereocenters. The Kier molecular flexibility index (Phi) is 6.44. The van der Waals surface area contributed by atoms with E-state index in [0.29, 0.717) is 17.1 Å². The summed E-state index contributed by atoms with van der Waals surface area (Å²) in [5, 5.41) is 3.22. The van der Waals surface area contributed by atoms with Gasteiger partial charge in [0, 0.05) is 24.9 Å². The second-order valence-electron chi connectivity index (χ2n) is 4.11. The molecule has 3 nitrogen and oxygen atoms in total. The van der Waals surface area contributed by atoms with Gasteiger partial charge in [-0.2, -0.15) is 0 Å². The lowest BCUT2D eigenvalue weighted by atomic mass is 10.1. The number of rotatable bonds is 7. The van der Waals surface area contributed by atoms with Crippen LogP contribution in [0.3, 0.4) is 0 Å². The molecule has 1 rings (SSSR count). The van der Waals surface area contributed by atoms with E-state index in [0.717, 1.165) is 12.8 Å². The summed E-state index contributed by atoms with van der Waals surface area (Å²) >= 11 is 5.92. The van der Waals surface area contributed by atoms with Gasteiger partial charge in [-0.1, -0.05) is 37.1 Å². The van der Waals surface area contributed by atoms with E-state index < -0.39 is 0 Å². The Morgan fingerprint density at radius 3 is 2.61 bits per heavy atom. The van der Waals surface area contributed by atoms with Gasteiger partial charge in [0.2, 0.25) is 5.91 Å². The van der Waals surface area contributed by atoms with Crippen LogP contribution >= 0.6 is 11.6 Å². The van der Waals surface area contributed by atoms with E-state index in [2.05, 4.69) is 12.2 Å². The highest BCUT2D eigenvalue weighted by Crippen LogP contribution is 2.17. The monoisotopic (exact) mass is 267 g/mol. The van der Waals surface area contributed by atoms with Gasteiger partial charge in [0.25, 0.3) is 0 Å². The minimum Gasteiger partial charge on any atom is -0.356 e. The topological polar surface area (TPSA) is 46.2 Å². The van der Waals surface area contributed by atoms with Crippen molar-refractivity contribution in [2.75, 3.05) is 6.54 Å². The number of halogens is 1. The standard InChI is InChI=1S/C14H18ClNO2/c1-2-3-10-16-14(18)9-8-13(17)11-6-4-5-7-12(11)15/h4-7H,2-3,8-10H2,1H3,(H,16,18). The normalized spacial score (nSPS) is 10.1. The molecule has 0 unspecified atom stereocenters. The fraction of sp³-hybridized carbons (Fsp3) is 0.429. The molecule has 4 heteroatoms. The number of benzene rings is 1. The van der Waals surface area contributed by atoms with Crippen molar-refractivity contribution in [2.45, 2.75) is 32.6 Å². The van der Waals surface area contributed by atoms with Crippen LogP contribution in [0.4, 0.5) is 0 Å². The van der Waals surface area contributed by atoms with E-state index in [1.807, 2.05) is 0 Å². The summed E-state index contributed by atoms with van der Waals surface area (Å²) in [5.74, 6) is -0.171. The average Bonchev–Trinajstić information content (AvgIpc) is 2.37. The van der Waals surface area contributed by atoms with Gasteiger partial charge in [0.05, 0.1) is 5.02 Å². The van der Waals surface area contributed by atoms with Crippen molar-refractivity contribution in [1.82, 2.24) is 5.32 Å². The smallest absolute Gasteiger partial charge is 0.220 e. The van der Waals surface area contributed by atoms with Crippen molar-refractivity contribution in [3.8, 4) is 0 Å². The van der Waals surface area contributed by atoms with Crippen LogP contribution in [-0.2, 0) is 4.79 Å². The predicted octanol–water partition coefficient (Wildman–Crippen LogP) is 3.22. The maximum atomic E-state index is 11.8. The van der Waals surface area contributed by atoms with Gasteiger partial charge in [0.15, 0.2) is 5.78 Å². The van der Waals surface area contributed by atoms with Crippen molar-refractivity contribution in [1.29, 1.82) is 0 Å². The predicted molar refractivity (Wildman–Crippen MR) is 72.9 cm³/mol. The van der Waals surface area contributed by atoms with Gasteiger partial charge in [-0.25, -0.2) is 0 Å². The molecule has 0 aliphatic heterocycles. The van der Waals surface area contributed by atoms with Crippen LogP contribution in [0.5, 0.6) is 0 Å². The van der Waals surface area contributed by atoms with E-state index >= 15 is 0 Å². The van der Waals surface area contributed by atoms with Crippen molar-refractivity contribution in [3.05, 3.63) is 34.9 Å². The van der Waals surface area contributed by atoms with E-state index in [9.17, 15) is 9.59 Å². The minimum atomic E-state index is -0.0914. The molecule has 0 saturated carbocycles. The molecule has 1 N–H and O–H groups in total. The van der Waals surface area contributed by atoms with E-state index in [1.54, 1.807) is 24.3 Å². The number of amides is 1. The molecule has 0 bridgehead atoms. The SMILES string of the molecule is CCCCNC(=O)CCC(=O)c1ccccc1Cl. The van der Waals surface area contributed by atoms with Crippen LogP contribution in [0.1, 0.15) is 43.0 Å². The molecule has 1 amide bonds. The Morgan fingerprint density at radius 1 is 1.22 bits per heavy atom. The van der Waals surface area contributed by atoms with E-state index in [-0.39, 0.29) is 24.5 Å². The van der Waals surface area contributed by atoms with Gasteiger partial charge in [0.1, 0.15) is 0 Å². The summed E-state index contributed by atoms with van der Waals surface area (Å²) in [4.78, 5) is 23.3. The van der Waals surface area contributed by atoms with Gasteiger partial charge in [-0.3, -0.25) is 9.59 Å². The fourth-order valence-corrected chi connectivity index (χ4v) is 1.78. The quantitative estimate of drug-likeness (QED) is 0.609. The molecule has 1 aromatic carbocycles. The largest absolute Gasteiger partial charge is 0.356 e. The van der Waals surface area contributed by atoms with Crippen molar-refractivity contribution < 1.29 is 9.59 Å². The average molecular weight is 268 g/mol. The Morgan fingerprint density at radius 2 is 1.94 bits per heavy atom. The highest BCUT2D eigenvalue weighted by atomic mass is 35.5. The summed E-state index contributed by atoms with van der Waals surface area (Å²) in [5.41, 5.74) is 0.487. The number of nitrogens with one attached hydrogen (secondary N) is 1. The van der Waals surface area contributed by atoms with Crippen LogP contribution in [-0.4, -0.2) is 18.2 Å². The molecule has 0 aliphatic carbocycles. The van der Waals surface area contributed by atoms with Gasteiger partial charge >= 0.3 is 0 Å². The summed E-state index contributed by atoms with van der Waals surface area (Å²) < 4.78 is 0. The lowest BCUT2D eigenvalue weighted by molar-refractivity contribution is -0.121. The Balaban J connectivity index is 2.38. The van der Waals surface area contributed by atoms with Gasteiger partial charge < -0.3 is 5.32 Å². The summed E-state index contributed by atoms with van der Waals surface area (Å²) in [6.45, 7) is 2.74. The van der Waals surface area contributed by atoms with Crippen molar-refractivity contribution in [3.63, 3.8) is 0 Å². The van der Waals surface area contributed by atoms with Crippen LogP contribution in [0.15, 0.2) is 24.3 Å². The molecular weight excluding hydrogens is 250 g/mol. The minimum absolute atomic E-state index is 0.0798. The van der Waals surface area contributed by atoms with Crippen LogP contribution in [0, 0.1) is 0 Å². The molecule has 18 heavy (non-hydrogen) atoms. The van der Waals surface area contributed by atoms with Crippen LogP contribution in [0.2, 0.25) is 5.02 Å². The number of carbonyl (C=O) groups excluding carboxylic acids is 2. The maximum Gasteiger partial charge on any atom is 0.220 e. The first-order valence-electron chi connectivity index (χ1n) is 6.19.